The van der Waals surface area contributed by atoms with Crippen molar-refractivity contribution in [1.29, 1.82) is 0 Å². The highest BCUT2D eigenvalue weighted by atomic mass is 15.3. The van der Waals surface area contributed by atoms with Crippen LogP contribution in [0.15, 0.2) is 41.9 Å². The molecule has 2 aromatic rings. The number of hydrogen-bond acceptors (Lipinski definition) is 3. The third-order valence-corrected chi connectivity index (χ3v) is 4.32. The number of aliphatic imine (C=N–C) groups is 1. The molecule has 1 aliphatic rings. The van der Waals surface area contributed by atoms with Crippen LogP contribution >= 0.6 is 0 Å². The fraction of sp³-hybridized carbons (Fsp3) is 0.500. The molecule has 0 bridgehead atoms. The van der Waals surface area contributed by atoms with Crippen molar-refractivity contribution in [1.82, 2.24) is 25.0 Å². The summed E-state index contributed by atoms with van der Waals surface area (Å²) in [5, 5.41) is 11.1. The van der Waals surface area contributed by atoms with E-state index >= 15 is 0 Å². The van der Waals surface area contributed by atoms with Gasteiger partial charge < -0.3 is 14.8 Å². The highest BCUT2D eigenvalue weighted by Gasteiger charge is 2.18. The van der Waals surface area contributed by atoms with Crippen molar-refractivity contribution < 1.29 is 0 Å². The molecule has 6 nitrogen and oxygen atoms in total. The number of benzene rings is 1. The highest BCUT2D eigenvalue weighted by Crippen LogP contribution is 2.18. The summed E-state index contributed by atoms with van der Waals surface area (Å²) in [6.45, 7) is 6.81. The van der Waals surface area contributed by atoms with Crippen molar-refractivity contribution in [3.63, 3.8) is 0 Å². The number of aryl methyl sites for hydroxylation is 1. The minimum Gasteiger partial charge on any atom is -0.357 e. The van der Waals surface area contributed by atoms with E-state index in [1.807, 2.05) is 4.57 Å². The van der Waals surface area contributed by atoms with Crippen LogP contribution in [0.4, 0.5) is 0 Å². The monoisotopic (exact) mass is 326 g/mol. The Morgan fingerprint density at radius 3 is 2.75 bits per heavy atom. The van der Waals surface area contributed by atoms with Crippen LogP contribution in [0, 0.1) is 0 Å². The van der Waals surface area contributed by atoms with E-state index < -0.39 is 0 Å². The first-order valence-corrected chi connectivity index (χ1v) is 8.79. The molecular formula is C18H26N6. The molecule has 2 heterocycles. The Morgan fingerprint density at radius 1 is 1.17 bits per heavy atom. The molecule has 0 spiro atoms. The molecule has 1 aromatic carbocycles. The van der Waals surface area contributed by atoms with Gasteiger partial charge in [0.1, 0.15) is 12.7 Å². The molecule has 6 heteroatoms. The number of nitrogens with one attached hydrogen (secondary N) is 1. The van der Waals surface area contributed by atoms with Gasteiger partial charge in [-0.05, 0) is 37.3 Å². The Kier molecular flexibility index (Phi) is 5.82. The fourth-order valence-electron chi connectivity index (χ4n) is 3.03. The molecule has 0 fully saturated rings. The molecule has 3 rings (SSSR count). The number of hydrogen-bond donors (Lipinski definition) is 1. The van der Waals surface area contributed by atoms with Crippen LogP contribution in [0.1, 0.15) is 30.9 Å². The molecule has 0 aliphatic carbocycles. The smallest absolute Gasteiger partial charge is 0.194 e. The molecule has 0 atom stereocenters. The second-order valence-corrected chi connectivity index (χ2v) is 6.08. The minimum absolute atomic E-state index is 0.850. The predicted octanol–water partition coefficient (Wildman–Crippen LogP) is 2.08. The van der Waals surface area contributed by atoms with E-state index in [-0.39, 0.29) is 0 Å². The summed E-state index contributed by atoms with van der Waals surface area (Å²) < 4.78 is 2.01. The van der Waals surface area contributed by atoms with E-state index in [0.717, 1.165) is 57.9 Å². The van der Waals surface area contributed by atoms with Crippen molar-refractivity contribution in [2.24, 2.45) is 4.99 Å². The summed E-state index contributed by atoms with van der Waals surface area (Å²) >= 11 is 0. The summed E-state index contributed by atoms with van der Waals surface area (Å²) in [5.74, 6) is 1.04. The van der Waals surface area contributed by atoms with Crippen molar-refractivity contribution in [2.75, 3.05) is 19.6 Å². The molecule has 0 saturated heterocycles. The maximum absolute atomic E-state index is 4.82. The van der Waals surface area contributed by atoms with Gasteiger partial charge in [0.15, 0.2) is 5.96 Å². The molecule has 24 heavy (non-hydrogen) atoms. The van der Waals surface area contributed by atoms with Gasteiger partial charge in [-0.2, -0.15) is 0 Å². The lowest BCUT2D eigenvalue weighted by Gasteiger charge is -2.31. The van der Waals surface area contributed by atoms with Crippen LogP contribution in [0.3, 0.4) is 0 Å². The third-order valence-electron chi connectivity index (χ3n) is 4.32. The van der Waals surface area contributed by atoms with Gasteiger partial charge in [-0.25, -0.2) is 0 Å². The van der Waals surface area contributed by atoms with Gasteiger partial charge in [0.2, 0.25) is 0 Å². The number of unbranched alkanes of at least 4 members (excludes halogenated alkanes) is 1. The number of guanidine groups is 1. The van der Waals surface area contributed by atoms with Crippen LogP contribution in [-0.4, -0.2) is 45.3 Å². The zero-order chi connectivity index (χ0) is 16.6. The summed E-state index contributed by atoms with van der Waals surface area (Å²) in [6.07, 6.45) is 6.77. The Bertz CT molecular complexity index is 649. The molecular weight excluding hydrogens is 300 g/mol. The first kappa shape index (κ1) is 16.5. The van der Waals surface area contributed by atoms with Gasteiger partial charge in [0.25, 0.3) is 0 Å². The van der Waals surface area contributed by atoms with Gasteiger partial charge in [0.05, 0.1) is 0 Å². The van der Waals surface area contributed by atoms with Gasteiger partial charge in [-0.3, -0.25) is 4.99 Å². The van der Waals surface area contributed by atoms with Gasteiger partial charge >= 0.3 is 0 Å². The highest BCUT2D eigenvalue weighted by molar-refractivity contribution is 5.80. The Balaban J connectivity index is 1.52. The quantitative estimate of drug-likeness (QED) is 0.502. The second kappa shape index (κ2) is 8.47. The van der Waals surface area contributed by atoms with Gasteiger partial charge in [-0.1, -0.05) is 24.3 Å². The minimum atomic E-state index is 0.850. The SMILES string of the molecule is CCNC(=NCCCCn1cnnc1)N1CCc2ccccc2C1. The fourth-order valence-corrected chi connectivity index (χ4v) is 3.03. The van der Waals surface area contributed by atoms with E-state index in [9.17, 15) is 0 Å². The van der Waals surface area contributed by atoms with Crippen LogP contribution in [0.25, 0.3) is 0 Å². The van der Waals surface area contributed by atoms with Crippen LogP contribution < -0.4 is 5.32 Å². The first-order valence-electron chi connectivity index (χ1n) is 8.79. The molecule has 0 amide bonds. The largest absolute Gasteiger partial charge is 0.357 e. The Morgan fingerprint density at radius 2 is 1.96 bits per heavy atom. The molecule has 1 aromatic heterocycles. The van der Waals surface area contributed by atoms with Crippen molar-refractivity contribution in [3.05, 3.63) is 48.0 Å². The number of nitrogens with zero attached hydrogens (tertiary/aromatic N) is 5. The van der Waals surface area contributed by atoms with Crippen molar-refractivity contribution >= 4 is 5.96 Å². The first-order chi connectivity index (χ1) is 11.9. The molecule has 1 N–H and O–H groups in total. The normalized spacial score (nSPS) is 14.5. The van der Waals surface area contributed by atoms with E-state index in [2.05, 4.69) is 51.6 Å². The average molecular weight is 326 g/mol. The lowest BCUT2D eigenvalue weighted by atomic mass is 10.0. The summed E-state index contributed by atoms with van der Waals surface area (Å²) in [7, 11) is 0. The van der Waals surface area contributed by atoms with Crippen LogP contribution in [0.5, 0.6) is 0 Å². The topological polar surface area (TPSA) is 58.3 Å². The van der Waals surface area contributed by atoms with E-state index in [0.29, 0.717) is 0 Å². The predicted molar refractivity (Wildman–Crippen MR) is 95.8 cm³/mol. The molecule has 1 aliphatic heterocycles. The number of fused-ring (bicyclic) bond motifs is 1. The molecule has 0 unspecified atom stereocenters. The second-order valence-electron chi connectivity index (χ2n) is 6.08. The molecule has 0 saturated carbocycles. The van der Waals surface area contributed by atoms with E-state index in [4.69, 9.17) is 4.99 Å². The Hall–Kier alpha value is -2.37. The lowest BCUT2D eigenvalue weighted by Crippen LogP contribution is -2.44. The summed E-state index contributed by atoms with van der Waals surface area (Å²) in [4.78, 5) is 7.19. The van der Waals surface area contributed by atoms with Crippen molar-refractivity contribution in [2.45, 2.75) is 39.3 Å². The van der Waals surface area contributed by atoms with Crippen molar-refractivity contribution in [3.8, 4) is 0 Å². The molecule has 0 radical (unpaired) electrons. The number of rotatable bonds is 6. The van der Waals surface area contributed by atoms with Crippen LogP contribution in [-0.2, 0) is 19.5 Å². The summed E-state index contributed by atoms with van der Waals surface area (Å²) in [5.41, 5.74) is 2.89. The van der Waals surface area contributed by atoms with E-state index in [1.165, 1.54) is 11.1 Å². The van der Waals surface area contributed by atoms with Crippen LogP contribution in [0.2, 0.25) is 0 Å². The maximum Gasteiger partial charge on any atom is 0.194 e. The van der Waals surface area contributed by atoms with Gasteiger partial charge in [-0.15, -0.1) is 10.2 Å². The standard InChI is InChI=1S/C18H26N6/c1-2-19-18(20-10-5-6-11-23-14-21-22-15-23)24-12-9-16-7-3-4-8-17(16)13-24/h3-4,7-8,14-15H,2,5-6,9-13H2,1H3,(H,19,20). The zero-order valence-corrected chi connectivity index (χ0v) is 14.4. The average Bonchev–Trinajstić information content (AvgIpc) is 3.13. The summed E-state index contributed by atoms with van der Waals surface area (Å²) in [6, 6.07) is 8.72. The lowest BCUT2D eigenvalue weighted by molar-refractivity contribution is 0.378. The zero-order valence-electron chi connectivity index (χ0n) is 14.4. The van der Waals surface area contributed by atoms with E-state index in [1.54, 1.807) is 12.7 Å². The third kappa shape index (κ3) is 4.34. The maximum atomic E-state index is 4.82. The van der Waals surface area contributed by atoms with Gasteiger partial charge in [0, 0.05) is 32.7 Å². The molecule has 128 valence electrons. The Labute approximate surface area is 143 Å². The number of aromatic nitrogens is 3.